The summed E-state index contributed by atoms with van der Waals surface area (Å²) in [5.74, 6) is 1.50. The van der Waals surface area contributed by atoms with Crippen LogP contribution in [0.3, 0.4) is 0 Å². The lowest BCUT2D eigenvalue weighted by Gasteiger charge is -2.25. The summed E-state index contributed by atoms with van der Waals surface area (Å²) in [6.45, 7) is 0.934. The summed E-state index contributed by atoms with van der Waals surface area (Å²) < 4.78 is 5.68. The van der Waals surface area contributed by atoms with Gasteiger partial charge in [-0.2, -0.15) is 0 Å². The van der Waals surface area contributed by atoms with Crippen LogP contribution in [0, 0.1) is 5.92 Å². The van der Waals surface area contributed by atoms with E-state index in [2.05, 4.69) is 0 Å². The molecule has 0 aromatic rings. The molecular formula is C8H13ClO. The first kappa shape index (κ1) is 6.93. The fourth-order valence-electron chi connectivity index (χ4n) is 1.86. The van der Waals surface area contributed by atoms with Crippen molar-refractivity contribution in [1.29, 1.82) is 0 Å². The van der Waals surface area contributed by atoms with Gasteiger partial charge in [0.25, 0.3) is 0 Å². The van der Waals surface area contributed by atoms with Crippen LogP contribution in [0.25, 0.3) is 0 Å². The Morgan fingerprint density at radius 3 is 2.70 bits per heavy atom. The Labute approximate surface area is 66.7 Å². The second kappa shape index (κ2) is 2.38. The zero-order chi connectivity index (χ0) is 7.03. The van der Waals surface area contributed by atoms with Crippen LogP contribution in [0.4, 0.5) is 0 Å². The third kappa shape index (κ3) is 0.960. The zero-order valence-corrected chi connectivity index (χ0v) is 6.86. The maximum Gasteiger partial charge on any atom is 0.0846 e. The highest BCUT2D eigenvalue weighted by atomic mass is 35.5. The van der Waals surface area contributed by atoms with Crippen molar-refractivity contribution in [3.8, 4) is 0 Å². The predicted molar refractivity (Wildman–Crippen MR) is 41.4 cm³/mol. The molecule has 1 nitrogen and oxygen atoms in total. The van der Waals surface area contributed by atoms with E-state index in [4.69, 9.17) is 16.3 Å². The van der Waals surface area contributed by atoms with Gasteiger partial charge in [0.1, 0.15) is 0 Å². The van der Waals surface area contributed by atoms with Gasteiger partial charge in [-0.25, -0.2) is 0 Å². The number of halogens is 1. The average molecular weight is 161 g/mol. The molecule has 2 fully saturated rings. The van der Waals surface area contributed by atoms with Crippen LogP contribution in [-0.2, 0) is 4.74 Å². The maximum atomic E-state index is 5.87. The number of alkyl halides is 1. The Kier molecular flexibility index (Phi) is 1.65. The quantitative estimate of drug-likeness (QED) is 0.563. The van der Waals surface area contributed by atoms with E-state index in [1.54, 1.807) is 0 Å². The third-order valence-corrected chi connectivity index (χ3v) is 3.13. The molecule has 1 atom stereocenters. The molecule has 0 aromatic heterocycles. The van der Waals surface area contributed by atoms with Crippen LogP contribution in [0.2, 0.25) is 0 Å². The number of hydrogen-bond acceptors (Lipinski definition) is 1. The molecule has 1 heterocycles. The standard InChI is InChI=1S/C8H13ClO/c9-6-8(7-2-3-7)4-1-5-10-8/h7H,1-6H2. The minimum Gasteiger partial charge on any atom is -0.373 e. The van der Waals surface area contributed by atoms with Crippen LogP contribution in [0.5, 0.6) is 0 Å². The number of ether oxygens (including phenoxy) is 1. The van der Waals surface area contributed by atoms with Crippen LogP contribution in [0.1, 0.15) is 25.7 Å². The average Bonchev–Trinajstić information content (AvgIpc) is 2.71. The van der Waals surface area contributed by atoms with E-state index in [0.29, 0.717) is 5.88 Å². The van der Waals surface area contributed by atoms with Gasteiger partial charge >= 0.3 is 0 Å². The van der Waals surface area contributed by atoms with Gasteiger partial charge in [0.05, 0.1) is 11.5 Å². The van der Waals surface area contributed by atoms with Gasteiger partial charge in [-0.05, 0) is 31.6 Å². The maximum absolute atomic E-state index is 5.87. The second-order valence-corrected chi connectivity index (χ2v) is 3.69. The molecular weight excluding hydrogens is 148 g/mol. The topological polar surface area (TPSA) is 9.23 Å². The van der Waals surface area contributed by atoms with Gasteiger partial charge in [-0.15, -0.1) is 11.6 Å². The normalized spacial score (nSPS) is 40.5. The van der Waals surface area contributed by atoms with Gasteiger partial charge in [-0.3, -0.25) is 0 Å². The van der Waals surface area contributed by atoms with E-state index in [0.717, 1.165) is 12.5 Å². The fourth-order valence-corrected chi connectivity index (χ4v) is 2.29. The smallest absolute Gasteiger partial charge is 0.0846 e. The van der Waals surface area contributed by atoms with Gasteiger partial charge in [0, 0.05) is 6.61 Å². The van der Waals surface area contributed by atoms with Crippen molar-refractivity contribution in [3.63, 3.8) is 0 Å². The first-order chi connectivity index (χ1) is 4.87. The lowest BCUT2D eigenvalue weighted by Crippen LogP contribution is -2.32. The molecule has 0 spiro atoms. The highest BCUT2D eigenvalue weighted by molar-refractivity contribution is 6.18. The summed E-state index contributed by atoms with van der Waals surface area (Å²) in [4.78, 5) is 0. The van der Waals surface area contributed by atoms with E-state index in [1.165, 1.54) is 25.7 Å². The van der Waals surface area contributed by atoms with E-state index >= 15 is 0 Å². The molecule has 0 bridgehead atoms. The van der Waals surface area contributed by atoms with Crippen molar-refractivity contribution in [3.05, 3.63) is 0 Å². The molecule has 1 unspecified atom stereocenters. The molecule has 58 valence electrons. The summed E-state index contributed by atoms with van der Waals surface area (Å²) in [6, 6.07) is 0. The van der Waals surface area contributed by atoms with Crippen molar-refractivity contribution in [2.24, 2.45) is 5.92 Å². The van der Waals surface area contributed by atoms with Crippen molar-refractivity contribution in [1.82, 2.24) is 0 Å². The van der Waals surface area contributed by atoms with Gasteiger partial charge < -0.3 is 4.74 Å². The largest absolute Gasteiger partial charge is 0.373 e. The van der Waals surface area contributed by atoms with Gasteiger partial charge in [-0.1, -0.05) is 0 Å². The summed E-state index contributed by atoms with van der Waals surface area (Å²) in [5, 5.41) is 0. The SMILES string of the molecule is ClCC1(C2CC2)CCCO1. The van der Waals surface area contributed by atoms with Gasteiger partial charge in [0.15, 0.2) is 0 Å². The molecule has 10 heavy (non-hydrogen) atoms. The first-order valence-corrected chi connectivity index (χ1v) is 4.61. The highest BCUT2D eigenvalue weighted by Gasteiger charge is 2.47. The molecule has 1 aliphatic heterocycles. The summed E-state index contributed by atoms with van der Waals surface area (Å²) in [7, 11) is 0. The molecule has 1 aliphatic carbocycles. The van der Waals surface area contributed by atoms with E-state index < -0.39 is 0 Å². The van der Waals surface area contributed by atoms with Crippen molar-refractivity contribution < 1.29 is 4.74 Å². The van der Waals surface area contributed by atoms with Crippen molar-refractivity contribution in [2.45, 2.75) is 31.3 Å². The minimum atomic E-state index is 0.113. The molecule has 0 N–H and O–H groups in total. The monoisotopic (exact) mass is 160 g/mol. The minimum absolute atomic E-state index is 0.113. The summed E-state index contributed by atoms with van der Waals surface area (Å²) >= 11 is 5.87. The van der Waals surface area contributed by atoms with Crippen molar-refractivity contribution in [2.75, 3.05) is 12.5 Å². The van der Waals surface area contributed by atoms with Crippen LogP contribution < -0.4 is 0 Å². The third-order valence-electron chi connectivity index (χ3n) is 2.68. The highest BCUT2D eigenvalue weighted by Crippen LogP contribution is 2.47. The zero-order valence-electron chi connectivity index (χ0n) is 6.11. The Balaban J connectivity index is 2.04. The first-order valence-electron chi connectivity index (χ1n) is 4.07. The van der Waals surface area contributed by atoms with Crippen LogP contribution in [0.15, 0.2) is 0 Å². The Morgan fingerprint density at radius 1 is 1.50 bits per heavy atom. The second-order valence-electron chi connectivity index (χ2n) is 3.42. The number of hydrogen-bond donors (Lipinski definition) is 0. The molecule has 1 saturated heterocycles. The molecule has 0 radical (unpaired) electrons. The molecule has 1 saturated carbocycles. The molecule has 0 aromatic carbocycles. The molecule has 2 heteroatoms. The molecule has 2 rings (SSSR count). The Morgan fingerprint density at radius 2 is 2.30 bits per heavy atom. The summed E-state index contributed by atoms with van der Waals surface area (Å²) in [6.07, 6.45) is 5.09. The van der Waals surface area contributed by atoms with Gasteiger partial charge in [0.2, 0.25) is 0 Å². The van der Waals surface area contributed by atoms with E-state index in [9.17, 15) is 0 Å². The van der Waals surface area contributed by atoms with E-state index in [1.807, 2.05) is 0 Å². The Hall–Kier alpha value is 0.250. The van der Waals surface area contributed by atoms with Crippen LogP contribution in [-0.4, -0.2) is 18.1 Å². The predicted octanol–water partition coefficient (Wildman–Crippen LogP) is 2.18. The summed E-state index contributed by atoms with van der Waals surface area (Å²) in [5.41, 5.74) is 0.113. The lowest BCUT2D eigenvalue weighted by atomic mass is 9.97. The fraction of sp³-hybridized carbons (Fsp3) is 1.00. The van der Waals surface area contributed by atoms with Crippen LogP contribution >= 0.6 is 11.6 Å². The Bertz CT molecular complexity index is 125. The lowest BCUT2D eigenvalue weighted by molar-refractivity contribution is 0.00478. The number of rotatable bonds is 2. The molecule has 0 amide bonds. The molecule has 2 aliphatic rings. The van der Waals surface area contributed by atoms with Crippen molar-refractivity contribution >= 4 is 11.6 Å². The van der Waals surface area contributed by atoms with E-state index in [-0.39, 0.29) is 5.60 Å².